The molecule has 0 saturated heterocycles. The average Bonchev–Trinajstić information content (AvgIpc) is 2.90. The number of hydrogen-bond acceptors (Lipinski definition) is 3. The van der Waals surface area contributed by atoms with Gasteiger partial charge < -0.3 is 10.2 Å². The standard InChI is InChI=1S/C31H31FN2O2S/c1-20-7-6-10-26(21(20)2)33-30(35)24-13-16-28-27(18-24)34(19-23-11-14-25(32)15-12-23)31(36)29(37-28)17-22-8-4-3-5-9-22/h3-5,8-9,11-18,20-21,26H,6-7,10,19H2,1-2H3,(H,33,35)/b29-17-/t20-,21+,26-/m1/s1. The van der Waals surface area contributed by atoms with Crippen LogP contribution in [0.3, 0.4) is 0 Å². The summed E-state index contributed by atoms with van der Waals surface area (Å²) in [4.78, 5) is 30.2. The van der Waals surface area contributed by atoms with Gasteiger partial charge >= 0.3 is 0 Å². The van der Waals surface area contributed by atoms with Gasteiger partial charge in [0.1, 0.15) is 5.82 Å². The summed E-state index contributed by atoms with van der Waals surface area (Å²) in [5.41, 5.74) is 2.99. The minimum absolute atomic E-state index is 0.112. The fraction of sp³-hybridized carbons (Fsp3) is 0.290. The van der Waals surface area contributed by atoms with Crippen LogP contribution in [0.1, 0.15) is 54.6 Å². The van der Waals surface area contributed by atoms with Gasteiger partial charge in [-0.25, -0.2) is 4.39 Å². The molecule has 0 aromatic heterocycles. The van der Waals surface area contributed by atoms with Gasteiger partial charge in [-0.1, -0.05) is 80.9 Å². The van der Waals surface area contributed by atoms with Crippen molar-refractivity contribution < 1.29 is 14.0 Å². The van der Waals surface area contributed by atoms with Crippen LogP contribution in [-0.2, 0) is 11.3 Å². The smallest absolute Gasteiger partial charge is 0.265 e. The molecule has 3 atom stereocenters. The van der Waals surface area contributed by atoms with E-state index in [9.17, 15) is 14.0 Å². The molecule has 0 radical (unpaired) electrons. The van der Waals surface area contributed by atoms with Crippen molar-refractivity contribution in [1.29, 1.82) is 0 Å². The molecule has 0 spiro atoms. The second-order valence-electron chi connectivity index (χ2n) is 10.1. The molecule has 3 aromatic rings. The summed E-state index contributed by atoms with van der Waals surface area (Å²) in [5.74, 6) is 0.432. The zero-order valence-corrected chi connectivity index (χ0v) is 21.9. The minimum Gasteiger partial charge on any atom is -0.349 e. The number of carbonyl (C=O) groups excluding carboxylic acids is 2. The van der Waals surface area contributed by atoms with Crippen LogP contribution in [0.4, 0.5) is 10.1 Å². The quantitative estimate of drug-likeness (QED) is 0.371. The molecule has 5 rings (SSSR count). The van der Waals surface area contributed by atoms with Crippen LogP contribution >= 0.6 is 11.8 Å². The summed E-state index contributed by atoms with van der Waals surface area (Å²) in [6, 6.07) is 21.6. The fourth-order valence-electron chi connectivity index (χ4n) is 5.12. The summed E-state index contributed by atoms with van der Waals surface area (Å²) in [6.07, 6.45) is 5.19. The highest BCUT2D eigenvalue weighted by atomic mass is 32.2. The number of benzene rings is 3. The zero-order valence-electron chi connectivity index (χ0n) is 21.1. The predicted octanol–water partition coefficient (Wildman–Crippen LogP) is 7.06. The summed E-state index contributed by atoms with van der Waals surface area (Å²) in [6.45, 7) is 4.74. The third kappa shape index (κ3) is 5.64. The van der Waals surface area contributed by atoms with E-state index in [1.165, 1.54) is 30.3 Å². The molecule has 1 heterocycles. The Hall–Kier alpha value is -3.38. The topological polar surface area (TPSA) is 49.4 Å². The highest BCUT2D eigenvalue weighted by Crippen LogP contribution is 2.43. The van der Waals surface area contributed by atoms with Crippen molar-refractivity contribution in [2.75, 3.05) is 4.90 Å². The molecule has 1 fully saturated rings. The SMILES string of the molecule is C[C@H]1[C@H](C)CCC[C@H]1NC(=O)c1ccc2c(c1)N(Cc1ccc(F)cc1)C(=O)/C(=C/c1ccccc1)S2. The number of hydrogen-bond donors (Lipinski definition) is 1. The maximum absolute atomic E-state index is 13.7. The first kappa shape index (κ1) is 25.3. The van der Waals surface area contributed by atoms with E-state index in [1.54, 1.807) is 17.0 Å². The van der Waals surface area contributed by atoms with Crippen molar-refractivity contribution in [2.24, 2.45) is 11.8 Å². The van der Waals surface area contributed by atoms with Crippen molar-refractivity contribution in [3.8, 4) is 0 Å². The first-order valence-corrected chi connectivity index (χ1v) is 13.7. The van der Waals surface area contributed by atoms with Crippen LogP contribution in [0.2, 0.25) is 0 Å². The largest absolute Gasteiger partial charge is 0.349 e. The summed E-state index contributed by atoms with van der Waals surface area (Å²) in [7, 11) is 0. The maximum atomic E-state index is 13.7. The Morgan fingerprint density at radius 3 is 2.57 bits per heavy atom. The molecule has 37 heavy (non-hydrogen) atoms. The average molecular weight is 515 g/mol. The van der Waals surface area contributed by atoms with E-state index in [-0.39, 0.29) is 30.2 Å². The molecule has 1 N–H and O–H groups in total. The number of anilines is 1. The maximum Gasteiger partial charge on any atom is 0.265 e. The lowest BCUT2D eigenvalue weighted by Gasteiger charge is -2.35. The summed E-state index contributed by atoms with van der Waals surface area (Å²) < 4.78 is 13.5. The van der Waals surface area contributed by atoms with Crippen molar-refractivity contribution >= 4 is 35.3 Å². The Labute approximate surface area is 222 Å². The molecule has 0 unspecified atom stereocenters. The first-order valence-electron chi connectivity index (χ1n) is 12.8. The molecule has 1 aliphatic carbocycles. The Bertz CT molecular complexity index is 1320. The van der Waals surface area contributed by atoms with E-state index >= 15 is 0 Å². The molecule has 0 bridgehead atoms. The Morgan fingerprint density at radius 2 is 1.81 bits per heavy atom. The van der Waals surface area contributed by atoms with Gasteiger partial charge in [0.15, 0.2) is 0 Å². The third-order valence-electron chi connectivity index (χ3n) is 7.56. The number of amides is 2. The molecule has 1 aliphatic heterocycles. The van der Waals surface area contributed by atoms with Crippen LogP contribution < -0.4 is 10.2 Å². The number of nitrogens with one attached hydrogen (secondary N) is 1. The van der Waals surface area contributed by atoms with E-state index in [4.69, 9.17) is 0 Å². The normalized spacial score (nSPS) is 22.6. The lowest BCUT2D eigenvalue weighted by atomic mass is 9.78. The number of rotatable bonds is 5. The van der Waals surface area contributed by atoms with E-state index in [1.807, 2.05) is 54.6 Å². The molecule has 2 aliphatic rings. The number of carbonyl (C=O) groups is 2. The lowest BCUT2D eigenvalue weighted by molar-refractivity contribution is -0.114. The van der Waals surface area contributed by atoms with Gasteiger partial charge in [-0.2, -0.15) is 0 Å². The molecule has 6 heteroatoms. The second kappa shape index (κ2) is 10.9. The third-order valence-corrected chi connectivity index (χ3v) is 8.64. The zero-order chi connectivity index (χ0) is 25.9. The number of fused-ring (bicyclic) bond motifs is 1. The van der Waals surface area contributed by atoms with Crippen LogP contribution in [0.25, 0.3) is 6.08 Å². The number of nitrogens with zero attached hydrogens (tertiary/aromatic N) is 1. The van der Waals surface area contributed by atoms with E-state index < -0.39 is 0 Å². The lowest BCUT2D eigenvalue weighted by Crippen LogP contribution is -2.43. The van der Waals surface area contributed by atoms with Gasteiger partial charge in [0.2, 0.25) is 0 Å². The van der Waals surface area contributed by atoms with Crippen molar-refractivity contribution in [2.45, 2.75) is 50.6 Å². The van der Waals surface area contributed by atoms with E-state index in [2.05, 4.69) is 19.2 Å². The van der Waals surface area contributed by atoms with Crippen LogP contribution in [0.5, 0.6) is 0 Å². The molecule has 1 saturated carbocycles. The Kier molecular flexibility index (Phi) is 7.47. The summed E-state index contributed by atoms with van der Waals surface area (Å²) >= 11 is 1.41. The molecule has 3 aromatic carbocycles. The predicted molar refractivity (Wildman–Crippen MR) is 148 cm³/mol. The van der Waals surface area contributed by atoms with Crippen LogP contribution in [-0.4, -0.2) is 17.9 Å². The monoisotopic (exact) mass is 514 g/mol. The van der Waals surface area contributed by atoms with E-state index in [0.29, 0.717) is 28.0 Å². The molecular weight excluding hydrogens is 483 g/mol. The Balaban J connectivity index is 1.47. The minimum atomic E-state index is -0.320. The van der Waals surface area contributed by atoms with Crippen LogP contribution in [0.15, 0.2) is 82.6 Å². The van der Waals surface area contributed by atoms with Gasteiger partial charge in [0, 0.05) is 16.5 Å². The fourth-order valence-corrected chi connectivity index (χ4v) is 6.16. The van der Waals surface area contributed by atoms with Gasteiger partial charge in [0.25, 0.3) is 11.8 Å². The molecule has 4 nitrogen and oxygen atoms in total. The summed E-state index contributed by atoms with van der Waals surface area (Å²) in [5, 5.41) is 3.24. The highest BCUT2D eigenvalue weighted by Gasteiger charge is 2.32. The van der Waals surface area contributed by atoms with Crippen molar-refractivity contribution in [1.82, 2.24) is 5.32 Å². The molecule has 190 valence electrons. The highest BCUT2D eigenvalue weighted by molar-refractivity contribution is 8.04. The Morgan fingerprint density at radius 1 is 1.05 bits per heavy atom. The van der Waals surface area contributed by atoms with Gasteiger partial charge in [0.05, 0.1) is 17.1 Å². The van der Waals surface area contributed by atoms with Crippen LogP contribution in [0, 0.1) is 17.7 Å². The van der Waals surface area contributed by atoms with Crippen molar-refractivity contribution in [3.05, 3.63) is 100 Å². The second-order valence-corrected chi connectivity index (χ2v) is 11.2. The molecular formula is C31H31FN2O2S. The molecule has 2 amide bonds. The number of halogens is 1. The van der Waals surface area contributed by atoms with Gasteiger partial charge in [-0.15, -0.1) is 0 Å². The first-order chi connectivity index (χ1) is 17.9. The van der Waals surface area contributed by atoms with E-state index in [0.717, 1.165) is 28.9 Å². The number of thioether (sulfide) groups is 1. The van der Waals surface area contributed by atoms with Gasteiger partial charge in [-0.05, 0) is 65.8 Å². The van der Waals surface area contributed by atoms with Gasteiger partial charge in [-0.3, -0.25) is 9.59 Å². The van der Waals surface area contributed by atoms with Crippen molar-refractivity contribution in [3.63, 3.8) is 0 Å².